The predicted octanol–water partition coefficient (Wildman–Crippen LogP) is 3.05. The molecule has 1 heterocycles. The van der Waals surface area contributed by atoms with Crippen molar-refractivity contribution >= 4 is 0 Å². The Hall–Kier alpha value is -1.09. The molecule has 1 atom stereocenters. The molecule has 0 radical (unpaired) electrons. The maximum atomic E-state index is 5.17. The van der Waals surface area contributed by atoms with Gasteiger partial charge in [0.2, 0.25) is 5.88 Å². The van der Waals surface area contributed by atoms with Gasteiger partial charge in [-0.05, 0) is 31.4 Å². The van der Waals surface area contributed by atoms with E-state index in [4.69, 9.17) is 4.74 Å². The first-order valence-corrected chi connectivity index (χ1v) is 6.89. The van der Waals surface area contributed by atoms with Crippen LogP contribution in [-0.4, -0.2) is 24.7 Å². The summed E-state index contributed by atoms with van der Waals surface area (Å²) in [5.74, 6) is 1.40. The zero-order chi connectivity index (χ0) is 13.4. The van der Waals surface area contributed by atoms with Crippen molar-refractivity contribution in [2.75, 3.05) is 13.7 Å². The Morgan fingerprint density at radius 1 is 1.33 bits per heavy atom. The molecule has 3 nitrogen and oxygen atoms in total. The van der Waals surface area contributed by atoms with Crippen LogP contribution < -0.4 is 10.1 Å². The van der Waals surface area contributed by atoms with Gasteiger partial charge < -0.3 is 10.1 Å². The highest BCUT2D eigenvalue weighted by molar-refractivity contribution is 5.16. The fraction of sp³-hybridized carbons (Fsp3) is 0.667. The van der Waals surface area contributed by atoms with Crippen molar-refractivity contribution in [1.29, 1.82) is 0 Å². The van der Waals surface area contributed by atoms with Crippen molar-refractivity contribution < 1.29 is 4.74 Å². The second kappa shape index (κ2) is 8.09. The molecule has 1 N–H and O–H groups in total. The van der Waals surface area contributed by atoms with Crippen LogP contribution in [-0.2, 0) is 6.42 Å². The molecule has 0 aliphatic carbocycles. The SMILES string of the molecule is CCCNC(Cc1cccc(OC)n1)CC(C)C. The smallest absolute Gasteiger partial charge is 0.213 e. The molecule has 1 rings (SSSR count). The van der Waals surface area contributed by atoms with E-state index >= 15 is 0 Å². The number of aromatic nitrogens is 1. The molecular formula is C15H26N2O. The predicted molar refractivity (Wildman–Crippen MR) is 76.0 cm³/mol. The molecule has 1 aromatic rings. The first-order chi connectivity index (χ1) is 8.65. The van der Waals surface area contributed by atoms with Crippen LogP contribution in [0.15, 0.2) is 18.2 Å². The Balaban J connectivity index is 2.62. The van der Waals surface area contributed by atoms with Gasteiger partial charge in [0.05, 0.1) is 7.11 Å². The lowest BCUT2D eigenvalue weighted by Crippen LogP contribution is -2.33. The summed E-state index contributed by atoms with van der Waals surface area (Å²) in [4.78, 5) is 4.48. The van der Waals surface area contributed by atoms with Gasteiger partial charge in [-0.2, -0.15) is 0 Å². The van der Waals surface area contributed by atoms with Crippen molar-refractivity contribution in [3.8, 4) is 5.88 Å². The summed E-state index contributed by atoms with van der Waals surface area (Å²) in [5.41, 5.74) is 1.10. The van der Waals surface area contributed by atoms with Gasteiger partial charge in [0.1, 0.15) is 0 Å². The summed E-state index contributed by atoms with van der Waals surface area (Å²) in [6.07, 6.45) is 3.31. The molecule has 0 aromatic carbocycles. The molecule has 0 aliphatic rings. The first kappa shape index (κ1) is 15.0. The second-order valence-electron chi connectivity index (χ2n) is 5.16. The normalized spacial score (nSPS) is 12.7. The number of nitrogens with zero attached hydrogens (tertiary/aromatic N) is 1. The average Bonchev–Trinajstić information content (AvgIpc) is 2.35. The van der Waals surface area contributed by atoms with E-state index in [1.54, 1.807) is 7.11 Å². The van der Waals surface area contributed by atoms with E-state index < -0.39 is 0 Å². The van der Waals surface area contributed by atoms with Crippen LogP contribution >= 0.6 is 0 Å². The molecule has 0 spiro atoms. The lowest BCUT2D eigenvalue weighted by molar-refractivity contribution is 0.389. The van der Waals surface area contributed by atoms with Crippen LogP contribution in [0.25, 0.3) is 0 Å². The monoisotopic (exact) mass is 250 g/mol. The second-order valence-corrected chi connectivity index (χ2v) is 5.16. The number of methoxy groups -OCH3 is 1. The minimum absolute atomic E-state index is 0.504. The molecule has 0 saturated carbocycles. The minimum atomic E-state index is 0.504. The van der Waals surface area contributed by atoms with Crippen molar-refractivity contribution in [3.05, 3.63) is 23.9 Å². The van der Waals surface area contributed by atoms with Crippen molar-refractivity contribution in [3.63, 3.8) is 0 Å². The Labute approximate surface area is 111 Å². The summed E-state index contributed by atoms with van der Waals surface area (Å²) in [7, 11) is 1.66. The Kier molecular flexibility index (Phi) is 6.73. The molecular weight excluding hydrogens is 224 g/mol. The number of hydrogen-bond donors (Lipinski definition) is 1. The standard InChI is InChI=1S/C15H26N2O/c1-5-9-16-14(10-12(2)3)11-13-7-6-8-15(17-13)18-4/h6-8,12,14,16H,5,9-11H2,1-4H3. The highest BCUT2D eigenvalue weighted by Crippen LogP contribution is 2.12. The highest BCUT2D eigenvalue weighted by Gasteiger charge is 2.12. The van der Waals surface area contributed by atoms with E-state index in [9.17, 15) is 0 Å². The number of ether oxygens (including phenoxy) is 1. The quantitative estimate of drug-likeness (QED) is 0.770. The van der Waals surface area contributed by atoms with E-state index in [1.165, 1.54) is 12.8 Å². The minimum Gasteiger partial charge on any atom is -0.481 e. The highest BCUT2D eigenvalue weighted by atomic mass is 16.5. The van der Waals surface area contributed by atoms with Crippen LogP contribution in [0.4, 0.5) is 0 Å². The molecule has 1 aromatic heterocycles. The van der Waals surface area contributed by atoms with Gasteiger partial charge in [-0.3, -0.25) is 0 Å². The lowest BCUT2D eigenvalue weighted by Gasteiger charge is -2.20. The Bertz CT molecular complexity index is 339. The number of rotatable bonds is 8. The van der Waals surface area contributed by atoms with Gasteiger partial charge in [-0.1, -0.05) is 26.8 Å². The zero-order valence-corrected chi connectivity index (χ0v) is 12.1. The van der Waals surface area contributed by atoms with Gasteiger partial charge in [-0.25, -0.2) is 4.98 Å². The first-order valence-electron chi connectivity index (χ1n) is 6.89. The molecule has 102 valence electrons. The fourth-order valence-electron chi connectivity index (χ4n) is 2.09. The average molecular weight is 250 g/mol. The van der Waals surface area contributed by atoms with Crippen LogP contribution in [0.3, 0.4) is 0 Å². The number of hydrogen-bond acceptors (Lipinski definition) is 3. The van der Waals surface area contributed by atoms with Crippen molar-refractivity contribution in [1.82, 2.24) is 10.3 Å². The van der Waals surface area contributed by atoms with Gasteiger partial charge >= 0.3 is 0 Å². The molecule has 0 bridgehead atoms. The van der Waals surface area contributed by atoms with Crippen LogP contribution in [0.5, 0.6) is 5.88 Å². The van der Waals surface area contributed by atoms with Crippen LogP contribution in [0.2, 0.25) is 0 Å². The molecule has 18 heavy (non-hydrogen) atoms. The summed E-state index contributed by atoms with van der Waals surface area (Å²) < 4.78 is 5.17. The maximum absolute atomic E-state index is 5.17. The number of pyridine rings is 1. The zero-order valence-electron chi connectivity index (χ0n) is 12.1. The van der Waals surface area contributed by atoms with E-state index in [0.717, 1.165) is 18.7 Å². The van der Waals surface area contributed by atoms with Gasteiger partial charge in [0.15, 0.2) is 0 Å². The van der Waals surface area contributed by atoms with E-state index in [1.807, 2.05) is 12.1 Å². The summed E-state index contributed by atoms with van der Waals surface area (Å²) >= 11 is 0. The van der Waals surface area contributed by atoms with Crippen molar-refractivity contribution in [2.24, 2.45) is 5.92 Å². The van der Waals surface area contributed by atoms with Gasteiger partial charge in [0.25, 0.3) is 0 Å². The van der Waals surface area contributed by atoms with Crippen LogP contribution in [0, 0.1) is 5.92 Å². The van der Waals surface area contributed by atoms with E-state index in [2.05, 4.69) is 37.1 Å². The fourth-order valence-corrected chi connectivity index (χ4v) is 2.09. The molecule has 0 fully saturated rings. The molecule has 0 aliphatic heterocycles. The number of nitrogens with one attached hydrogen (secondary N) is 1. The maximum Gasteiger partial charge on any atom is 0.213 e. The van der Waals surface area contributed by atoms with Crippen LogP contribution in [0.1, 0.15) is 39.3 Å². The molecule has 1 unspecified atom stereocenters. The third-order valence-electron chi connectivity index (χ3n) is 2.88. The third-order valence-corrected chi connectivity index (χ3v) is 2.88. The Morgan fingerprint density at radius 3 is 2.72 bits per heavy atom. The summed E-state index contributed by atoms with van der Waals surface area (Å²) in [6.45, 7) is 7.80. The lowest BCUT2D eigenvalue weighted by atomic mass is 9.99. The molecule has 0 saturated heterocycles. The summed E-state index contributed by atoms with van der Waals surface area (Å²) in [5, 5.41) is 3.61. The largest absolute Gasteiger partial charge is 0.481 e. The van der Waals surface area contributed by atoms with E-state index in [0.29, 0.717) is 17.8 Å². The van der Waals surface area contributed by atoms with Gasteiger partial charge in [0, 0.05) is 24.2 Å². The van der Waals surface area contributed by atoms with E-state index in [-0.39, 0.29) is 0 Å². The molecule has 3 heteroatoms. The van der Waals surface area contributed by atoms with Gasteiger partial charge in [-0.15, -0.1) is 0 Å². The topological polar surface area (TPSA) is 34.1 Å². The molecule has 0 amide bonds. The summed E-state index contributed by atoms with van der Waals surface area (Å²) in [6, 6.07) is 6.47. The van der Waals surface area contributed by atoms with Crippen molar-refractivity contribution in [2.45, 2.75) is 46.1 Å². The Morgan fingerprint density at radius 2 is 2.11 bits per heavy atom. The third kappa shape index (κ3) is 5.50.